The number of halogens is 2. The second-order valence-electron chi connectivity index (χ2n) is 5.15. The molecule has 1 amide bonds. The summed E-state index contributed by atoms with van der Waals surface area (Å²) in [6, 6.07) is 10.1. The third kappa shape index (κ3) is 3.45. The molecule has 0 saturated carbocycles. The first-order chi connectivity index (χ1) is 11.5. The van der Waals surface area contributed by atoms with E-state index >= 15 is 0 Å². The molecule has 0 fully saturated rings. The van der Waals surface area contributed by atoms with Crippen LogP contribution in [-0.2, 0) is 6.42 Å². The minimum atomic E-state index is -1.07. The third-order valence-electron chi connectivity index (χ3n) is 3.36. The van der Waals surface area contributed by atoms with E-state index in [1.807, 2.05) is 6.07 Å². The molecule has 0 spiro atoms. The standard InChI is InChI=1S/C17H13F2N3O2/c1-10-20-16(24-22-10)9-11-4-2-3-5-15(11)21-17(23)12-6-7-13(18)14(19)8-12/h2-8H,9H2,1H3,(H,21,23). The van der Waals surface area contributed by atoms with Crippen LogP contribution in [0.25, 0.3) is 0 Å². The molecule has 3 rings (SSSR count). The molecule has 1 N–H and O–H groups in total. The monoisotopic (exact) mass is 329 g/mol. The number of para-hydroxylation sites is 1. The highest BCUT2D eigenvalue weighted by Gasteiger charge is 2.13. The Morgan fingerprint density at radius 3 is 2.67 bits per heavy atom. The number of rotatable bonds is 4. The van der Waals surface area contributed by atoms with Crippen LogP contribution in [0.1, 0.15) is 27.6 Å². The Kier molecular flexibility index (Phi) is 4.33. The summed E-state index contributed by atoms with van der Waals surface area (Å²) in [4.78, 5) is 16.4. The van der Waals surface area contributed by atoms with Crippen molar-refractivity contribution in [2.24, 2.45) is 0 Å². The van der Waals surface area contributed by atoms with Crippen LogP contribution in [0.4, 0.5) is 14.5 Å². The molecule has 0 atom stereocenters. The fourth-order valence-electron chi connectivity index (χ4n) is 2.20. The molecule has 5 nitrogen and oxygen atoms in total. The Bertz CT molecular complexity index is 893. The Hall–Kier alpha value is -3.09. The van der Waals surface area contributed by atoms with Gasteiger partial charge in [-0.15, -0.1) is 0 Å². The zero-order chi connectivity index (χ0) is 17.1. The average Bonchev–Trinajstić information content (AvgIpc) is 2.97. The predicted octanol–water partition coefficient (Wildman–Crippen LogP) is 3.50. The summed E-state index contributed by atoms with van der Waals surface area (Å²) in [5.41, 5.74) is 1.32. The molecule has 3 aromatic rings. The van der Waals surface area contributed by atoms with Gasteiger partial charge < -0.3 is 9.84 Å². The normalized spacial score (nSPS) is 10.6. The van der Waals surface area contributed by atoms with Crippen LogP contribution in [0.5, 0.6) is 0 Å². The van der Waals surface area contributed by atoms with Gasteiger partial charge >= 0.3 is 0 Å². The predicted molar refractivity (Wildman–Crippen MR) is 82.6 cm³/mol. The fourth-order valence-corrected chi connectivity index (χ4v) is 2.20. The minimum absolute atomic E-state index is 0.0253. The molecule has 0 aliphatic rings. The van der Waals surface area contributed by atoms with Crippen molar-refractivity contribution in [1.82, 2.24) is 10.1 Å². The van der Waals surface area contributed by atoms with Gasteiger partial charge in [0.05, 0.1) is 6.42 Å². The van der Waals surface area contributed by atoms with Crippen LogP contribution in [0.15, 0.2) is 47.0 Å². The summed E-state index contributed by atoms with van der Waals surface area (Å²) >= 11 is 0. The lowest BCUT2D eigenvalue weighted by atomic mass is 10.1. The summed E-state index contributed by atoms with van der Waals surface area (Å²) in [7, 11) is 0. The summed E-state index contributed by atoms with van der Waals surface area (Å²) in [6.07, 6.45) is 0.342. The SMILES string of the molecule is Cc1noc(Cc2ccccc2NC(=O)c2ccc(F)c(F)c2)n1. The number of carbonyl (C=O) groups excluding carboxylic acids is 1. The zero-order valence-electron chi connectivity index (χ0n) is 12.7. The molecule has 24 heavy (non-hydrogen) atoms. The van der Waals surface area contributed by atoms with E-state index < -0.39 is 17.5 Å². The van der Waals surface area contributed by atoms with Crippen molar-refractivity contribution in [1.29, 1.82) is 0 Å². The zero-order valence-corrected chi connectivity index (χ0v) is 12.7. The van der Waals surface area contributed by atoms with Crippen molar-refractivity contribution in [2.45, 2.75) is 13.3 Å². The van der Waals surface area contributed by atoms with Gasteiger partial charge in [-0.05, 0) is 36.8 Å². The lowest BCUT2D eigenvalue weighted by Crippen LogP contribution is -2.14. The van der Waals surface area contributed by atoms with Gasteiger partial charge in [-0.2, -0.15) is 4.98 Å². The molecule has 122 valence electrons. The molecule has 7 heteroatoms. The van der Waals surface area contributed by atoms with Crippen LogP contribution in [-0.4, -0.2) is 16.0 Å². The van der Waals surface area contributed by atoms with Crippen molar-refractivity contribution in [2.75, 3.05) is 5.32 Å². The maximum absolute atomic E-state index is 13.3. The summed E-state index contributed by atoms with van der Waals surface area (Å²) < 4.78 is 31.3. The highest BCUT2D eigenvalue weighted by Crippen LogP contribution is 2.20. The molecule has 2 aromatic carbocycles. The molecule has 0 bridgehead atoms. The van der Waals surface area contributed by atoms with Crippen molar-refractivity contribution in [3.8, 4) is 0 Å². The van der Waals surface area contributed by atoms with Gasteiger partial charge in [-0.25, -0.2) is 8.78 Å². The molecule has 0 radical (unpaired) electrons. The minimum Gasteiger partial charge on any atom is -0.339 e. The maximum atomic E-state index is 13.3. The van der Waals surface area contributed by atoms with Crippen LogP contribution in [0.3, 0.4) is 0 Å². The second-order valence-corrected chi connectivity index (χ2v) is 5.15. The molecule has 1 heterocycles. The van der Waals surface area contributed by atoms with E-state index in [9.17, 15) is 13.6 Å². The maximum Gasteiger partial charge on any atom is 0.255 e. The van der Waals surface area contributed by atoms with Crippen molar-refractivity contribution < 1.29 is 18.1 Å². The first-order valence-corrected chi connectivity index (χ1v) is 7.16. The molecule has 1 aromatic heterocycles. The average molecular weight is 329 g/mol. The number of anilines is 1. The van der Waals surface area contributed by atoms with Gasteiger partial charge in [0.2, 0.25) is 5.89 Å². The number of hydrogen-bond acceptors (Lipinski definition) is 4. The van der Waals surface area contributed by atoms with Gasteiger partial charge in [-0.1, -0.05) is 23.4 Å². The number of nitrogens with zero attached hydrogens (tertiary/aromatic N) is 2. The van der Waals surface area contributed by atoms with Gasteiger partial charge in [0.1, 0.15) is 0 Å². The van der Waals surface area contributed by atoms with E-state index in [1.54, 1.807) is 25.1 Å². The number of aryl methyl sites for hydroxylation is 1. The van der Waals surface area contributed by atoms with Crippen molar-refractivity contribution in [3.63, 3.8) is 0 Å². The van der Waals surface area contributed by atoms with E-state index in [4.69, 9.17) is 4.52 Å². The molecular weight excluding hydrogens is 316 g/mol. The van der Waals surface area contributed by atoms with Crippen LogP contribution < -0.4 is 5.32 Å². The first kappa shape index (κ1) is 15.8. The molecule has 0 saturated heterocycles. The smallest absolute Gasteiger partial charge is 0.255 e. The molecule has 0 aliphatic heterocycles. The van der Waals surface area contributed by atoms with Crippen molar-refractivity contribution >= 4 is 11.6 Å². The number of amides is 1. The lowest BCUT2D eigenvalue weighted by molar-refractivity contribution is 0.102. The van der Waals surface area contributed by atoms with Gasteiger partial charge in [0, 0.05) is 11.3 Å². The quantitative estimate of drug-likeness (QED) is 0.795. The number of aromatic nitrogens is 2. The van der Waals surface area contributed by atoms with Crippen LogP contribution in [0.2, 0.25) is 0 Å². The van der Waals surface area contributed by atoms with Crippen LogP contribution in [0, 0.1) is 18.6 Å². The second kappa shape index (κ2) is 6.57. The van der Waals surface area contributed by atoms with E-state index in [-0.39, 0.29) is 5.56 Å². The molecule has 0 aliphatic carbocycles. The summed E-state index contributed by atoms with van der Waals surface area (Å²) in [6.45, 7) is 1.71. The number of nitrogens with one attached hydrogen (secondary N) is 1. The topological polar surface area (TPSA) is 68.0 Å². The van der Waals surface area contributed by atoms with E-state index in [2.05, 4.69) is 15.5 Å². The van der Waals surface area contributed by atoms with Gasteiger partial charge in [-0.3, -0.25) is 4.79 Å². The highest BCUT2D eigenvalue weighted by atomic mass is 19.2. The molecule has 0 unspecified atom stereocenters. The third-order valence-corrected chi connectivity index (χ3v) is 3.36. The van der Waals surface area contributed by atoms with Gasteiger partial charge in [0.15, 0.2) is 17.5 Å². The highest BCUT2D eigenvalue weighted by molar-refractivity contribution is 6.04. The van der Waals surface area contributed by atoms with E-state index in [0.717, 1.165) is 17.7 Å². The first-order valence-electron chi connectivity index (χ1n) is 7.16. The number of benzene rings is 2. The number of hydrogen-bond donors (Lipinski definition) is 1. The summed E-state index contributed by atoms with van der Waals surface area (Å²) in [5.74, 6) is -1.67. The van der Waals surface area contributed by atoms with Crippen LogP contribution >= 0.6 is 0 Å². The Morgan fingerprint density at radius 2 is 1.96 bits per heavy atom. The largest absolute Gasteiger partial charge is 0.339 e. The number of carbonyl (C=O) groups is 1. The fraction of sp³-hybridized carbons (Fsp3) is 0.118. The van der Waals surface area contributed by atoms with Gasteiger partial charge in [0.25, 0.3) is 5.91 Å². The van der Waals surface area contributed by atoms with E-state index in [0.29, 0.717) is 23.8 Å². The Labute approximate surface area is 136 Å². The summed E-state index contributed by atoms with van der Waals surface area (Å²) in [5, 5.41) is 6.40. The lowest BCUT2D eigenvalue weighted by Gasteiger charge is -2.10. The Morgan fingerprint density at radius 1 is 1.17 bits per heavy atom. The van der Waals surface area contributed by atoms with Crippen molar-refractivity contribution in [3.05, 3.63) is 76.9 Å². The molecular formula is C17H13F2N3O2. The van der Waals surface area contributed by atoms with E-state index in [1.165, 1.54) is 6.07 Å². The Balaban J connectivity index is 1.82.